The Balaban J connectivity index is 1.56. The summed E-state index contributed by atoms with van der Waals surface area (Å²) in [5.74, 6) is 0.329. The van der Waals surface area contributed by atoms with Gasteiger partial charge in [-0.05, 0) is 50.1 Å². The number of nitrogens with one attached hydrogen (secondary N) is 2. The van der Waals surface area contributed by atoms with Crippen molar-refractivity contribution in [2.24, 2.45) is 0 Å². The number of fused-ring (bicyclic) bond motifs is 1. The summed E-state index contributed by atoms with van der Waals surface area (Å²) in [7, 11) is -3.31. The number of anilines is 1. The molecule has 8 nitrogen and oxygen atoms in total. The number of aromatic nitrogens is 3. The third-order valence-electron chi connectivity index (χ3n) is 5.06. The number of rotatable bonds is 7. The minimum Gasteiger partial charge on any atom is -0.347 e. The zero-order valence-corrected chi connectivity index (χ0v) is 18.2. The molecule has 1 unspecified atom stereocenters. The lowest BCUT2D eigenvalue weighted by atomic mass is 10.1. The van der Waals surface area contributed by atoms with Crippen LogP contribution in [0.3, 0.4) is 0 Å². The summed E-state index contributed by atoms with van der Waals surface area (Å²) in [6.45, 7) is 2.04. The Hall–Kier alpha value is -2.49. The first-order valence-electron chi connectivity index (χ1n) is 9.58. The molecule has 4 rings (SSSR count). The number of sulfonamides is 1. The van der Waals surface area contributed by atoms with Gasteiger partial charge in [0, 0.05) is 33.7 Å². The van der Waals surface area contributed by atoms with Crippen LogP contribution in [0.4, 0.5) is 5.95 Å². The Morgan fingerprint density at radius 3 is 2.77 bits per heavy atom. The van der Waals surface area contributed by atoms with Crippen molar-refractivity contribution < 1.29 is 8.42 Å². The van der Waals surface area contributed by atoms with Crippen LogP contribution in [0.1, 0.15) is 37.1 Å². The molecule has 158 valence electrons. The van der Waals surface area contributed by atoms with Crippen molar-refractivity contribution >= 4 is 38.5 Å². The van der Waals surface area contributed by atoms with Gasteiger partial charge in [0.25, 0.3) is 5.56 Å². The summed E-state index contributed by atoms with van der Waals surface area (Å²) in [5.41, 5.74) is 1.61. The lowest BCUT2D eigenvalue weighted by molar-refractivity contribution is 0.398. The van der Waals surface area contributed by atoms with E-state index in [0.717, 1.165) is 18.2 Å². The van der Waals surface area contributed by atoms with E-state index in [9.17, 15) is 13.2 Å². The van der Waals surface area contributed by atoms with Crippen molar-refractivity contribution in [3.63, 3.8) is 0 Å². The van der Waals surface area contributed by atoms with Crippen LogP contribution in [0.25, 0.3) is 10.9 Å². The molecule has 0 amide bonds. The van der Waals surface area contributed by atoms with Gasteiger partial charge in [-0.15, -0.1) is 0 Å². The van der Waals surface area contributed by atoms with Gasteiger partial charge in [-0.3, -0.25) is 4.79 Å². The second-order valence-electron chi connectivity index (χ2n) is 7.56. The number of halogens is 1. The molecule has 1 atom stereocenters. The fourth-order valence-corrected chi connectivity index (χ4v) is 4.68. The standard InChI is InChI=1S/C20H22ClN5O3S/c1-12(17-10-13-9-14(21)3-6-18(13)25-19(17)27)23-20-22-8-7-15(24-20)11-26(16-4-5-16)30(2,28)29/h3,6-10,12,16H,4-5,11H2,1-2H3,(H,25,27)(H,22,23,24). The van der Waals surface area contributed by atoms with Gasteiger partial charge >= 0.3 is 0 Å². The molecule has 0 radical (unpaired) electrons. The van der Waals surface area contributed by atoms with Gasteiger partial charge in [0.2, 0.25) is 16.0 Å². The Morgan fingerprint density at radius 2 is 2.07 bits per heavy atom. The monoisotopic (exact) mass is 447 g/mol. The van der Waals surface area contributed by atoms with Crippen LogP contribution in [0.5, 0.6) is 0 Å². The highest BCUT2D eigenvalue weighted by Crippen LogP contribution is 2.30. The SMILES string of the molecule is CC(Nc1nccc(CN(C2CC2)S(C)(=O)=O)n1)c1cc2cc(Cl)ccc2[nH]c1=O. The fraction of sp³-hybridized carbons (Fsp3) is 0.350. The first-order chi connectivity index (χ1) is 14.2. The smallest absolute Gasteiger partial charge is 0.253 e. The molecule has 1 fully saturated rings. The maximum absolute atomic E-state index is 12.5. The molecule has 0 saturated heterocycles. The summed E-state index contributed by atoms with van der Waals surface area (Å²) >= 11 is 6.06. The number of hydrogen-bond acceptors (Lipinski definition) is 6. The van der Waals surface area contributed by atoms with Gasteiger partial charge < -0.3 is 10.3 Å². The Labute approximate surface area is 179 Å². The third kappa shape index (κ3) is 4.63. The second-order valence-corrected chi connectivity index (χ2v) is 9.93. The van der Waals surface area contributed by atoms with Crippen molar-refractivity contribution in [3.05, 3.63) is 63.2 Å². The van der Waals surface area contributed by atoms with Crippen molar-refractivity contribution in [2.75, 3.05) is 11.6 Å². The zero-order chi connectivity index (χ0) is 21.5. The van der Waals surface area contributed by atoms with Crippen LogP contribution in [0.2, 0.25) is 5.02 Å². The van der Waals surface area contributed by atoms with E-state index in [-0.39, 0.29) is 24.2 Å². The van der Waals surface area contributed by atoms with Crippen LogP contribution in [-0.4, -0.2) is 40.0 Å². The van der Waals surface area contributed by atoms with E-state index < -0.39 is 10.0 Å². The molecular weight excluding hydrogens is 426 g/mol. The van der Waals surface area contributed by atoms with E-state index in [1.54, 1.807) is 36.5 Å². The van der Waals surface area contributed by atoms with E-state index >= 15 is 0 Å². The summed E-state index contributed by atoms with van der Waals surface area (Å²) in [6, 6.07) is 8.44. The average molecular weight is 448 g/mol. The molecule has 0 spiro atoms. The summed E-state index contributed by atoms with van der Waals surface area (Å²) in [6.07, 6.45) is 4.53. The molecule has 1 saturated carbocycles. The van der Waals surface area contributed by atoms with Gasteiger partial charge in [0.1, 0.15) is 0 Å². The zero-order valence-electron chi connectivity index (χ0n) is 16.6. The van der Waals surface area contributed by atoms with Gasteiger partial charge in [0.15, 0.2) is 0 Å². The van der Waals surface area contributed by atoms with Crippen molar-refractivity contribution in [2.45, 2.75) is 38.4 Å². The molecule has 0 aliphatic heterocycles. The normalized spacial score (nSPS) is 15.5. The Morgan fingerprint density at radius 1 is 1.30 bits per heavy atom. The molecule has 10 heteroatoms. The van der Waals surface area contributed by atoms with Crippen LogP contribution in [-0.2, 0) is 16.6 Å². The minimum atomic E-state index is -3.31. The highest BCUT2D eigenvalue weighted by Gasteiger charge is 2.35. The summed E-state index contributed by atoms with van der Waals surface area (Å²) < 4.78 is 25.6. The molecule has 1 aromatic carbocycles. The van der Waals surface area contributed by atoms with E-state index in [1.165, 1.54) is 10.6 Å². The van der Waals surface area contributed by atoms with Crippen LogP contribution in [0, 0.1) is 0 Å². The average Bonchev–Trinajstić information content (AvgIpc) is 3.50. The van der Waals surface area contributed by atoms with Gasteiger partial charge in [-0.2, -0.15) is 4.31 Å². The Bertz CT molecular complexity index is 1260. The number of H-pyrrole nitrogens is 1. The van der Waals surface area contributed by atoms with E-state index in [0.29, 0.717) is 27.7 Å². The fourth-order valence-electron chi connectivity index (χ4n) is 3.38. The highest BCUT2D eigenvalue weighted by molar-refractivity contribution is 7.88. The lowest BCUT2D eigenvalue weighted by Gasteiger charge is -2.19. The van der Waals surface area contributed by atoms with Gasteiger partial charge in [0.05, 0.1) is 24.5 Å². The van der Waals surface area contributed by atoms with Gasteiger partial charge in [-0.1, -0.05) is 11.6 Å². The summed E-state index contributed by atoms with van der Waals surface area (Å²) in [5, 5.41) is 4.55. The predicted molar refractivity (Wildman–Crippen MR) is 117 cm³/mol. The van der Waals surface area contributed by atoms with E-state index in [4.69, 9.17) is 11.6 Å². The largest absolute Gasteiger partial charge is 0.347 e. The number of hydrogen-bond donors (Lipinski definition) is 2. The molecule has 0 bridgehead atoms. The molecule has 2 aromatic heterocycles. The van der Waals surface area contributed by atoms with Crippen molar-refractivity contribution in [1.29, 1.82) is 0 Å². The number of benzene rings is 1. The maximum atomic E-state index is 12.5. The first-order valence-corrected chi connectivity index (χ1v) is 11.8. The number of aromatic amines is 1. The minimum absolute atomic E-state index is 0.0493. The van der Waals surface area contributed by atoms with E-state index in [2.05, 4.69) is 20.3 Å². The van der Waals surface area contributed by atoms with E-state index in [1.807, 2.05) is 6.92 Å². The maximum Gasteiger partial charge on any atom is 0.253 e. The molecule has 3 aromatic rings. The highest BCUT2D eigenvalue weighted by atomic mass is 35.5. The quantitative estimate of drug-likeness (QED) is 0.576. The molecule has 1 aliphatic carbocycles. The molecule has 2 heterocycles. The van der Waals surface area contributed by atoms with Crippen molar-refractivity contribution in [3.8, 4) is 0 Å². The molecular formula is C20H22ClN5O3S. The molecule has 1 aliphatic rings. The van der Waals surface area contributed by atoms with Crippen LogP contribution in [0.15, 0.2) is 41.3 Å². The third-order valence-corrected chi connectivity index (χ3v) is 6.57. The van der Waals surface area contributed by atoms with Crippen LogP contribution < -0.4 is 10.9 Å². The molecule has 30 heavy (non-hydrogen) atoms. The number of pyridine rings is 1. The topological polar surface area (TPSA) is 108 Å². The van der Waals surface area contributed by atoms with Crippen LogP contribution >= 0.6 is 11.6 Å². The Kier molecular flexibility index (Phi) is 5.52. The predicted octanol–water partition coefficient (Wildman–Crippen LogP) is 3.07. The van der Waals surface area contributed by atoms with Crippen molar-refractivity contribution in [1.82, 2.24) is 19.3 Å². The summed E-state index contributed by atoms with van der Waals surface area (Å²) in [4.78, 5) is 24.0. The van der Waals surface area contributed by atoms with Gasteiger partial charge in [-0.25, -0.2) is 18.4 Å². The first kappa shape index (κ1) is 20.8. The second kappa shape index (κ2) is 7.98. The lowest BCUT2D eigenvalue weighted by Crippen LogP contribution is -2.32. The molecule has 2 N–H and O–H groups in total. The number of nitrogens with zero attached hydrogens (tertiary/aromatic N) is 3.